The van der Waals surface area contributed by atoms with Gasteiger partial charge >= 0.3 is 5.97 Å². The van der Waals surface area contributed by atoms with E-state index in [9.17, 15) is 4.79 Å². The number of nitrogens with two attached hydrogens (primary N) is 1. The number of hydrogen-bond acceptors (Lipinski definition) is 4. The Balaban J connectivity index is 2.50. The van der Waals surface area contributed by atoms with Crippen LogP contribution in [0.25, 0.3) is 0 Å². The number of aryl methyl sites for hydroxylation is 1. The van der Waals surface area contributed by atoms with Crippen molar-refractivity contribution in [1.29, 1.82) is 0 Å². The lowest BCUT2D eigenvalue weighted by Crippen LogP contribution is -2.48. The van der Waals surface area contributed by atoms with Gasteiger partial charge in [0.05, 0.1) is 20.6 Å². The highest BCUT2D eigenvalue weighted by Crippen LogP contribution is 2.44. The third kappa shape index (κ3) is 2.91. The first kappa shape index (κ1) is 15.8. The summed E-state index contributed by atoms with van der Waals surface area (Å²) in [5.74, 6) is 0.662. The molecule has 0 fully saturated rings. The van der Waals surface area contributed by atoms with Crippen molar-refractivity contribution >= 4 is 5.97 Å². The van der Waals surface area contributed by atoms with E-state index in [1.807, 2.05) is 6.07 Å². The third-order valence-corrected chi connectivity index (χ3v) is 4.75. The molecule has 2 atom stereocenters. The fourth-order valence-electron chi connectivity index (χ4n) is 3.54. The Labute approximate surface area is 126 Å². The Morgan fingerprint density at radius 1 is 1.43 bits per heavy atom. The Bertz CT molecular complexity index is 515. The summed E-state index contributed by atoms with van der Waals surface area (Å²) in [5.41, 5.74) is 8.55. The Kier molecular flexibility index (Phi) is 4.88. The molecule has 2 N–H and O–H groups in total. The summed E-state index contributed by atoms with van der Waals surface area (Å²) in [4.78, 5) is 11.9. The van der Waals surface area contributed by atoms with Gasteiger partial charge in [-0.1, -0.05) is 13.0 Å². The number of rotatable bonds is 5. The molecule has 0 amide bonds. The second-order valence-electron chi connectivity index (χ2n) is 5.80. The minimum Gasteiger partial charge on any atom is -0.497 e. The number of methoxy groups -OCH3 is 2. The summed E-state index contributed by atoms with van der Waals surface area (Å²) in [7, 11) is 3.11. The molecule has 0 aliphatic heterocycles. The molecule has 0 heterocycles. The predicted octanol–water partition coefficient (Wildman–Crippen LogP) is 2.57. The van der Waals surface area contributed by atoms with Gasteiger partial charge in [-0.05, 0) is 48.9 Å². The molecule has 1 aliphatic carbocycles. The van der Waals surface area contributed by atoms with E-state index in [-0.39, 0.29) is 17.4 Å². The highest BCUT2D eigenvalue weighted by Gasteiger charge is 2.43. The summed E-state index contributed by atoms with van der Waals surface area (Å²) < 4.78 is 10.2. The number of ether oxygens (including phenoxy) is 2. The van der Waals surface area contributed by atoms with Crippen LogP contribution in [-0.2, 0) is 21.4 Å². The molecule has 21 heavy (non-hydrogen) atoms. The number of benzene rings is 1. The van der Waals surface area contributed by atoms with E-state index < -0.39 is 0 Å². The molecule has 2 rings (SSSR count). The first-order chi connectivity index (χ1) is 10.1. The fourth-order valence-corrected chi connectivity index (χ4v) is 3.54. The maximum atomic E-state index is 11.9. The van der Waals surface area contributed by atoms with Crippen molar-refractivity contribution in [2.45, 2.75) is 50.5 Å². The Morgan fingerprint density at radius 2 is 2.19 bits per heavy atom. The van der Waals surface area contributed by atoms with Gasteiger partial charge in [-0.15, -0.1) is 0 Å². The van der Waals surface area contributed by atoms with E-state index in [0.717, 1.165) is 31.4 Å². The van der Waals surface area contributed by atoms with E-state index in [1.165, 1.54) is 18.2 Å². The minimum atomic E-state index is -0.318. The van der Waals surface area contributed by atoms with Gasteiger partial charge in [0.25, 0.3) is 0 Å². The van der Waals surface area contributed by atoms with Crippen molar-refractivity contribution in [2.24, 2.45) is 5.73 Å². The lowest BCUT2D eigenvalue weighted by Gasteiger charge is -2.43. The van der Waals surface area contributed by atoms with Gasteiger partial charge in [0.1, 0.15) is 5.75 Å². The maximum Gasteiger partial charge on any atom is 0.306 e. The topological polar surface area (TPSA) is 61.6 Å². The average Bonchev–Trinajstić information content (AvgIpc) is 2.53. The van der Waals surface area contributed by atoms with Gasteiger partial charge in [-0.25, -0.2) is 0 Å². The van der Waals surface area contributed by atoms with Gasteiger partial charge in [-0.2, -0.15) is 0 Å². The quantitative estimate of drug-likeness (QED) is 0.847. The first-order valence-electron chi connectivity index (χ1n) is 7.57. The van der Waals surface area contributed by atoms with Crippen LogP contribution in [-0.4, -0.2) is 26.2 Å². The van der Waals surface area contributed by atoms with Crippen molar-refractivity contribution < 1.29 is 14.3 Å². The molecule has 1 aromatic rings. The first-order valence-corrected chi connectivity index (χ1v) is 7.57. The van der Waals surface area contributed by atoms with Crippen molar-refractivity contribution in [3.63, 3.8) is 0 Å². The second-order valence-corrected chi connectivity index (χ2v) is 5.80. The van der Waals surface area contributed by atoms with E-state index in [0.29, 0.717) is 6.42 Å². The molecule has 0 bridgehead atoms. The normalized spacial score (nSPS) is 22.3. The molecule has 2 unspecified atom stereocenters. The summed E-state index contributed by atoms with van der Waals surface area (Å²) in [6.45, 7) is 2.07. The maximum absolute atomic E-state index is 11.9. The van der Waals surface area contributed by atoms with Gasteiger partial charge in [0.15, 0.2) is 0 Å². The van der Waals surface area contributed by atoms with Gasteiger partial charge in [-0.3, -0.25) is 4.79 Å². The zero-order valence-corrected chi connectivity index (χ0v) is 13.1. The van der Waals surface area contributed by atoms with Crippen LogP contribution in [0.4, 0.5) is 0 Å². The van der Waals surface area contributed by atoms with Crippen LogP contribution in [0.3, 0.4) is 0 Å². The molecule has 0 saturated heterocycles. The molecule has 0 saturated carbocycles. The molecular weight excluding hydrogens is 266 g/mol. The number of fused-ring (bicyclic) bond motifs is 1. The second kappa shape index (κ2) is 6.48. The Hall–Kier alpha value is -1.55. The zero-order chi connectivity index (χ0) is 15.5. The van der Waals surface area contributed by atoms with Gasteiger partial charge < -0.3 is 15.2 Å². The molecule has 116 valence electrons. The van der Waals surface area contributed by atoms with Crippen LogP contribution in [0, 0.1) is 0 Å². The number of hydrogen-bond donors (Lipinski definition) is 1. The third-order valence-electron chi connectivity index (χ3n) is 4.75. The average molecular weight is 291 g/mol. The highest BCUT2D eigenvalue weighted by molar-refractivity contribution is 5.72. The smallest absolute Gasteiger partial charge is 0.306 e. The lowest BCUT2D eigenvalue weighted by molar-refractivity contribution is -0.142. The monoisotopic (exact) mass is 291 g/mol. The number of carbonyl (C=O) groups excluding carboxylic acids is 1. The van der Waals surface area contributed by atoms with E-state index >= 15 is 0 Å². The van der Waals surface area contributed by atoms with Crippen LogP contribution in [0.1, 0.15) is 43.7 Å². The molecule has 4 nitrogen and oxygen atoms in total. The molecule has 0 spiro atoms. The predicted molar refractivity (Wildman–Crippen MR) is 82.5 cm³/mol. The summed E-state index contributed by atoms with van der Waals surface area (Å²) >= 11 is 0. The van der Waals surface area contributed by atoms with Gasteiger partial charge in [0, 0.05) is 11.5 Å². The van der Waals surface area contributed by atoms with E-state index in [4.69, 9.17) is 15.2 Å². The van der Waals surface area contributed by atoms with Crippen molar-refractivity contribution in [2.75, 3.05) is 14.2 Å². The lowest BCUT2D eigenvalue weighted by atomic mass is 9.63. The SMILES string of the molecule is CCC(N)C1(CC(=O)OC)CCCc2cc(OC)ccc21. The number of esters is 1. The Morgan fingerprint density at radius 3 is 2.81 bits per heavy atom. The van der Waals surface area contributed by atoms with Gasteiger partial charge in [0.2, 0.25) is 0 Å². The zero-order valence-electron chi connectivity index (χ0n) is 13.1. The van der Waals surface area contributed by atoms with Crippen molar-refractivity contribution in [3.05, 3.63) is 29.3 Å². The molecule has 1 aliphatic rings. The molecule has 1 aromatic carbocycles. The summed E-state index contributed by atoms with van der Waals surface area (Å²) in [6.07, 6.45) is 4.15. The standard InChI is InChI=1S/C17H25NO3/c1-4-15(18)17(11-16(19)21-3)9-5-6-12-10-13(20-2)7-8-14(12)17/h7-8,10,15H,4-6,9,11,18H2,1-3H3. The van der Waals surface area contributed by atoms with Crippen molar-refractivity contribution in [1.82, 2.24) is 0 Å². The molecule has 0 aromatic heterocycles. The van der Waals surface area contributed by atoms with E-state index in [2.05, 4.69) is 19.1 Å². The van der Waals surface area contributed by atoms with Crippen LogP contribution < -0.4 is 10.5 Å². The summed E-state index contributed by atoms with van der Waals surface area (Å²) in [6, 6.07) is 6.05. The van der Waals surface area contributed by atoms with Crippen LogP contribution in [0.2, 0.25) is 0 Å². The highest BCUT2D eigenvalue weighted by atomic mass is 16.5. The van der Waals surface area contributed by atoms with Crippen LogP contribution in [0.5, 0.6) is 5.75 Å². The van der Waals surface area contributed by atoms with Crippen LogP contribution in [0.15, 0.2) is 18.2 Å². The fraction of sp³-hybridized carbons (Fsp3) is 0.588. The summed E-state index contributed by atoms with van der Waals surface area (Å²) in [5, 5.41) is 0. The van der Waals surface area contributed by atoms with Crippen molar-refractivity contribution in [3.8, 4) is 5.75 Å². The number of carbonyl (C=O) groups is 1. The minimum absolute atomic E-state index is 0.0518. The van der Waals surface area contributed by atoms with E-state index in [1.54, 1.807) is 7.11 Å². The largest absolute Gasteiger partial charge is 0.497 e. The van der Waals surface area contributed by atoms with Crippen LogP contribution >= 0.6 is 0 Å². The molecule has 4 heteroatoms. The molecular formula is C17H25NO3. The molecule has 0 radical (unpaired) electrons.